The quantitative estimate of drug-likeness (QED) is 0.502. The lowest BCUT2D eigenvalue weighted by Crippen LogP contribution is -2.25. The molecule has 8 heavy (non-hydrogen) atoms. The van der Waals surface area contributed by atoms with Crippen LogP contribution in [0.1, 0.15) is 13.8 Å². The summed E-state index contributed by atoms with van der Waals surface area (Å²) in [5.74, 6) is 0. The predicted octanol–water partition coefficient (Wildman–Crippen LogP) is 2.83. The van der Waals surface area contributed by atoms with Crippen molar-refractivity contribution in [3.05, 3.63) is 12.3 Å². The third-order valence-corrected chi connectivity index (χ3v) is 6.04. The van der Waals surface area contributed by atoms with E-state index in [-0.39, 0.29) is 0 Å². The first-order chi connectivity index (χ1) is 3.50. The molecule has 0 aromatic rings. The number of hydrogen-bond donors (Lipinski definition) is 0. The number of rotatable bonds is 2. The lowest BCUT2D eigenvalue weighted by molar-refractivity contribution is 1.02. The van der Waals surface area contributed by atoms with Crippen molar-refractivity contribution in [1.82, 2.24) is 0 Å². The molecular formula is C7H16Si. The van der Waals surface area contributed by atoms with Crippen LogP contribution in [0.15, 0.2) is 12.3 Å². The normalized spacial score (nSPS) is 12.1. The van der Waals surface area contributed by atoms with Gasteiger partial charge in [0.1, 0.15) is 0 Å². The average molecular weight is 128 g/mol. The molecule has 1 heteroatoms. The van der Waals surface area contributed by atoms with Crippen LogP contribution in [0.4, 0.5) is 0 Å². The highest BCUT2D eigenvalue weighted by Gasteiger charge is 2.19. The van der Waals surface area contributed by atoms with Crippen LogP contribution < -0.4 is 0 Å². The molecule has 0 aromatic carbocycles. The monoisotopic (exact) mass is 128 g/mol. The summed E-state index contributed by atoms with van der Waals surface area (Å²) < 4.78 is 0. The highest BCUT2D eigenvalue weighted by molar-refractivity contribution is 6.83. The summed E-state index contributed by atoms with van der Waals surface area (Å²) in [5.41, 5.74) is 2.98. The van der Waals surface area contributed by atoms with E-state index >= 15 is 0 Å². The average Bonchev–Trinajstić information content (AvgIpc) is 1.67. The van der Waals surface area contributed by atoms with Crippen LogP contribution in [-0.4, -0.2) is 8.07 Å². The van der Waals surface area contributed by atoms with Gasteiger partial charge in [0.2, 0.25) is 0 Å². The lowest BCUT2D eigenvalue weighted by atomic mass is 10.6. The first-order valence-corrected chi connectivity index (χ1v) is 6.29. The molecule has 0 amide bonds. The summed E-state index contributed by atoms with van der Waals surface area (Å²) in [6, 6.07) is 0. The zero-order valence-corrected chi connectivity index (χ0v) is 7.36. The maximum absolute atomic E-state index is 3.82. The molecule has 0 fully saturated rings. The van der Waals surface area contributed by atoms with Gasteiger partial charge >= 0.3 is 0 Å². The Bertz CT molecular complexity index is 82.4. The molecule has 0 spiro atoms. The van der Waals surface area contributed by atoms with Crippen molar-refractivity contribution < 1.29 is 0 Å². The van der Waals surface area contributed by atoms with Crippen LogP contribution >= 0.6 is 0 Å². The Morgan fingerprint density at radius 3 is 1.75 bits per heavy atom. The molecule has 0 saturated heterocycles. The Hall–Kier alpha value is -0.0431. The van der Waals surface area contributed by atoms with Gasteiger partial charge in [-0.15, -0.1) is 12.3 Å². The molecule has 0 radical (unpaired) electrons. The fourth-order valence-electron chi connectivity index (χ4n) is 0.236. The summed E-state index contributed by atoms with van der Waals surface area (Å²) in [7, 11) is -0.991. The summed E-state index contributed by atoms with van der Waals surface area (Å²) >= 11 is 0. The minimum absolute atomic E-state index is 0.833. The summed E-state index contributed by atoms with van der Waals surface area (Å²) in [6.45, 7) is 13.0. The van der Waals surface area contributed by atoms with Gasteiger partial charge in [0, 0.05) is 0 Å². The van der Waals surface area contributed by atoms with Crippen molar-refractivity contribution in [1.29, 1.82) is 0 Å². The Labute approximate surface area is 53.6 Å². The van der Waals surface area contributed by atoms with Gasteiger partial charge in [0.15, 0.2) is 0 Å². The van der Waals surface area contributed by atoms with Crippen LogP contribution in [0, 0.1) is 0 Å². The lowest BCUT2D eigenvalue weighted by Gasteiger charge is -2.21. The van der Waals surface area contributed by atoms with Gasteiger partial charge < -0.3 is 0 Å². The molecule has 0 aromatic heterocycles. The second-order valence-electron chi connectivity index (χ2n) is 3.18. The van der Waals surface area contributed by atoms with Crippen molar-refractivity contribution in [3.63, 3.8) is 0 Å². The van der Waals surface area contributed by atoms with Gasteiger partial charge in [-0.2, -0.15) is 0 Å². The Balaban J connectivity index is 3.90. The van der Waals surface area contributed by atoms with Crippen LogP contribution in [0.2, 0.25) is 18.6 Å². The first kappa shape index (κ1) is 7.96. The van der Waals surface area contributed by atoms with Gasteiger partial charge in [-0.1, -0.05) is 26.9 Å². The summed E-state index contributed by atoms with van der Waals surface area (Å²) in [4.78, 5) is 0. The largest absolute Gasteiger partial charge is 0.107 e. The van der Waals surface area contributed by atoms with E-state index in [1.165, 1.54) is 0 Å². The fourth-order valence-corrected chi connectivity index (χ4v) is 0.707. The molecular weight excluding hydrogens is 112 g/mol. The summed E-state index contributed by atoms with van der Waals surface area (Å²) in [6.07, 6.45) is 0. The molecule has 0 aliphatic carbocycles. The van der Waals surface area contributed by atoms with Crippen LogP contribution in [0.5, 0.6) is 0 Å². The Morgan fingerprint density at radius 2 is 1.75 bits per heavy atom. The first-order valence-electron chi connectivity index (χ1n) is 3.14. The van der Waals surface area contributed by atoms with E-state index in [1.54, 1.807) is 0 Å². The van der Waals surface area contributed by atoms with E-state index < -0.39 is 8.07 Å². The minimum Gasteiger partial charge on any atom is -0.107 e. The highest BCUT2D eigenvalue weighted by Crippen LogP contribution is 2.19. The van der Waals surface area contributed by atoms with Gasteiger partial charge in [0.05, 0.1) is 8.07 Å². The molecule has 48 valence electrons. The van der Waals surface area contributed by atoms with E-state index in [1.807, 2.05) is 0 Å². The smallest absolute Gasteiger partial charge is 0.0734 e. The molecule has 0 unspecified atom stereocenters. The van der Waals surface area contributed by atoms with E-state index in [4.69, 9.17) is 0 Å². The van der Waals surface area contributed by atoms with E-state index in [0.717, 1.165) is 5.54 Å². The molecule has 0 atom stereocenters. The minimum atomic E-state index is -0.991. The van der Waals surface area contributed by atoms with Crippen molar-refractivity contribution in [3.8, 4) is 0 Å². The molecule has 0 heterocycles. The third-order valence-electron chi connectivity index (χ3n) is 2.01. The Kier molecular flexibility index (Phi) is 2.48. The highest BCUT2D eigenvalue weighted by atomic mass is 28.3. The topological polar surface area (TPSA) is 0 Å². The van der Waals surface area contributed by atoms with E-state index in [0.29, 0.717) is 0 Å². The molecule has 0 N–H and O–H groups in total. The van der Waals surface area contributed by atoms with Crippen LogP contribution in [-0.2, 0) is 0 Å². The molecule has 0 bridgehead atoms. The molecule has 0 nitrogen and oxygen atoms in total. The van der Waals surface area contributed by atoms with Gasteiger partial charge in [-0.25, -0.2) is 0 Å². The molecule has 0 saturated carbocycles. The molecule has 0 rings (SSSR count). The maximum atomic E-state index is 3.82. The van der Waals surface area contributed by atoms with Gasteiger partial charge in [-0.3, -0.25) is 0 Å². The van der Waals surface area contributed by atoms with Gasteiger partial charge in [-0.05, 0) is 5.54 Å². The van der Waals surface area contributed by atoms with Crippen LogP contribution in [0.25, 0.3) is 0 Å². The SMILES string of the molecule is C=C[Si](C)(C)C(C)C. The van der Waals surface area contributed by atoms with Crippen molar-refractivity contribution in [2.45, 2.75) is 32.5 Å². The summed E-state index contributed by atoms with van der Waals surface area (Å²) in [5, 5.41) is 0. The fraction of sp³-hybridized carbons (Fsp3) is 0.714. The van der Waals surface area contributed by atoms with E-state index in [2.05, 4.69) is 39.2 Å². The predicted molar refractivity (Wildman–Crippen MR) is 42.8 cm³/mol. The second-order valence-corrected chi connectivity index (χ2v) is 8.39. The van der Waals surface area contributed by atoms with Crippen molar-refractivity contribution in [2.75, 3.05) is 0 Å². The van der Waals surface area contributed by atoms with Crippen molar-refractivity contribution >= 4 is 8.07 Å². The number of hydrogen-bond acceptors (Lipinski definition) is 0. The maximum Gasteiger partial charge on any atom is 0.0734 e. The molecule has 0 aliphatic rings. The standard InChI is InChI=1S/C7H16Si/c1-6-8(4,5)7(2)3/h6-7H,1H2,2-5H3. The van der Waals surface area contributed by atoms with Gasteiger partial charge in [0.25, 0.3) is 0 Å². The Morgan fingerprint density at radius 1 is 1.38 bits per heavy atom. The molecule has 0 aliphatic heterocycles. The zero-order chi connectivity index (χ0) is 6.78. The third kappa shape index (κ3) is 1.82. The second kappa shape index (κ2) is 2.49. The van der Waals surface area contributed by atoms with Crippen LogP contribution in [0.3, 0.4) is 0 Å². The van der Waals surface area contributed by atoms with Crippen molar-refractivity contribution in [2.24, 2.45) is 0 Å². The van der Waals surface area contributed by atoms with E-state index in [9.17, 15) is 0 Å². The zero-order valence-electron chi connectivity index (χ0n) is 6.36.